The van der Waals surface area contributed by atoms with Crippen molar-refractivity contribution >= 4 is 44.1 Å². The molecule has 0 saturated carbocycles. The molecule has 3 aromatic heterocycles. The molecule has 4 rings (SSSR count). The average molecular weight is 420 g/mol. The minimum absolute atomic E-state index is 0.251. The smallest absolute Gasteiger partial charge is 0.336 e. The third-order valence-corrected chi connectivity index (χ3v) is 4.61. The van der Waals surface area contributed by atoms with Gasteiger partial charge in [-0.1, -0.05) is 11.6 Å². The summed E-state index contributed by atoms with van der Waals surface area (Å²) < 4.78 is 13.9. The standard InChI is InChI=1S/C18H12BrClN2O3/c1-10-4-18(23)25-15-6-16(14(20)5-13(10)15)24-9-12-8-22-7-11(19)2-3-17(22)21-12/h2-8H,9H2,1H3. The summed E-state index contributed by atoms with van der Waals surface area (Å²) in [4.78, 5) is 16.0. The predicted octanol–water partition coefficient (Wildman–Crippen LogP) is 4.74. The molecule has 0 spiro atoms. The maximum absolute atomic E-state index is 11.5. The van der Waals surface area contributed by atoms with Gasteiger partial charge in [0.05, 0.1) is 10.7 Å². The molecule has 1 aromatic carbocycles. The Morgan fingerprint density at radius 1 is 1.28 bits per heavy atom. The van der Waals surface area contributed by atoms with E-state index in [1.807, 2.05) is 35.9 Å². The van der Waals surface area contributed by atoms with Crippen LogP contribution >= 0.6 is 27.5 Å². The first-order chi connectivity index (χ1) is 12.0. The molecule has 0 N–H and O–H groups in total. The van der Waals surface area contributed by atoms with Crippen LogP contribution in [0.3, 0.4) is 0 Å². The van der Waals surface area contributed by atoms with Crippen LogP contribution in [0, 0.1) is 6.92 Å². The number of pyridine rings is 1. The quantitative estimate of drug-likeness (QED) is 0.450. The molecule has 126 valence electrons. The van der Waals surface area contributed by atoms with Crippen LogP contribution in [0.1, 0.15) is 11.3 Å². The molecule has 0 aliphatic heterocycles. The number of aryl methyl sites for hydroxylation is 1. The fourth-order valence-electron chi connectivity index (χ4n) is 2.67. The van der Waals surface area contributed by atoms with E-state index in [4.69, 9.17) is 20.8 Å². The van der Waals surface area contributed by atoms with E-state index in [1.54, 1.807) is 12.1 Å². The minimum atomic E-state index is -0.399. The van der Waals surface area contributed by atoms with Gasteiger partial charge in [-0.2, -0.15) is 0 Å². The lowest BCUT2D eigenvalue weighted by molar-refractivity contribution is 0.302. The lowest BCUT2D eigenvalue weighted by Gasteiger charge is -2.08. The lowest BCUT2D eigenvalue weighted by atomic mass is 10.1. The van der Waals surface area contributed by atoms with E-state index >= 15 is 0 Å². The van der Waals surface area contributed by atoms with Crippen molar-refractivity contribution in [3.05, 3.63) is 73.9 Å². The van der Waals surface area contributed by atoms with Crippen molar-refractivity contribution in [2.45, 2.75) is 13.5 Å². The molecule has 25 heavy (non-hydrogen) atoms. The number of imidazole rings is 1. The molecule has 5 nitrogen and oxygen atoms in total. The number of rotatable bonds is 3. The molecule has 0 amide bonds. The van der Waals surface area contributed by atoms with Crippen LogP contribution in [0.4, 0.5) is 0 Å². The molecule has 7 heteroatoms. The van der Waals surface area contributed by atoms with Gasteiger partial charge in [0.15, 0.2) is 0 Å². The third-order valence-electron chi connectivity index (χ3n) is 3.84. The summed E-state index contributed by atoms with van der Waals surface area (Å²) >= 11 is 9.73. The Hall–Kier alpha value is -2.31. The zero-order valence-corrected chi connectivity index (χ0v) is 15.5. The van der Waals surface area contributed by atoms with Gasteiger partial charge in [-0.05, 0) is 46.6 Å². The van der Waals surface area contributed by atoms with Crippen molar-refractivity contribution in [1.29, 1.82) is 0 Å². The van der Waals surface area contributed by atoms with Crippen molar-refractivity contribution in [2.24, 2.45) is 0 Å². The summed E-state index contributed by atoms with van der Waals surface area (Å²) in [6, 6.07) is 8.66. The molecule has 0 bridgehead atoms. The number of nitrogens with zero attached hydrogens (tertiary/aromatic N) is 2. The van der Waals surface area contributed by atoms with Crippen molar-refractivity contribution in [2.75, 3.05) is 0 Å². The Bertz CT molecular complexity index is 1170. The highest BCUT2D eigenvalue weighted by Crippen LogP contribution is 2.31. The van der Waals surface area contributed by atoms with Gasteiger partial charge >= 0.3 is 5.63 Å². The van der Waals surface area contributed by atoms with Crippen LogP contribution in [-0.2, 0) is 6.61 Å². The highest BCUT2D eigenvalue weighted by molar-refractivity contribution is 9.10. The third kappa shape index (κ3) is 3.15. The second kappa shape index (κ2) is 6.20. The number of hydrogen-bond donors (Lipinski definition) is 0. The first-order valence-electron chi connectivity index (χ1n) is 7.49. The first-order valence-corrected chi connectivity index (χ1v) is 8.66. The van der Waals surface area contributed by atoms with E-state index in [0.29, 0.717) is 16.4 Å². The number of aromatic nitrogens is 2. The largest absolute Gasteiger partial charge is 0.486 e. The summed E-state index contributed by atoms with van der Waals surface area (Å²) in [5, 5.41) is 1.24. The molecule has 0 saturated heterocycles. The lowest BCUT2D eigenvalue weighted by Crippen LogP contribution is -2.00. The van der Waals surface area contributed by atoms with Gasteiger partial charge in [-0.25, -0.2) is 9.78 Å². The van der Waals surface area contributed by atoms with E-state index in [1.165, 1.54) is 6.07 Å². The van der Waals surface area contributed by atoms with E-state index in [-0.39, 0.29) is 6.61 Å². The molecule has 0 aliphatic carbocycles. The number of halogens is 2. The van der Waals surface area contributed by atoms with E-state index < -0.39 is 5.63 Å². The SMILES string of the molecule is Cc1cc(=O)oc2cc(OCc3cn4cc(Br)ccc4n3)c(Cl)cc12. The summed E-state index contributed by atoms with van der Waals surface area (Å²) in [7, 11) is 0. The number of fused-ring (bicyclic) bond motifs is 2. The normalized spacial score (nSPS) is 11.3. The van der Waals surface area contributed by atoms with Crippen molar-refractivity contribution in [1.82, 2.24) is 9.38 Å². The van der Waals surface area contributed by atoms with Crippen LogP contribution in [0.2, 0.25) is 5.02 Å². The van der Waals surface area contributed by atoms with Crippen LogP contribution in [0.25, 0.3) is 16.6 Å². The second-order valence-electron chi connectivity index (χ2n) is 5.66. The van der Waals surface area contributed by atoms with Gasteiger partial charge < -0.3 is 13.6 Å². The predicted molar refractivity (Wildman–Crippen MR) is 99.5 cm³/mol. The van der Waals surface area contributed by atoms with Gasteiger partial charge in [-0.15, -0.1) is 0 Å². The van der Waals surface area contributed by atoms with Gasteiger partial charge in [0.1, 0.15) is 23.6 Å². The molecule has 0 atom stereocenters. The van der Waals surface area contributed by atoms with Gasteiger partial charge in [0, 0.05) is 34.4 Å². The number of ether oxygens (including phenoxy) is 1. The zero-order valence-electron chi connectivity index (χ0n) is 13.1. The topological polar surface area (TPSA) is 56.7 Å². The maximum Gasteiger partial charge on any atom is 0.336 e. The van der Waals surface area contributed by atoms with Crippen LogP contribution in [-0.4, -0.2) is 9.38 Å². The zero-order chi connectivity index (χ0) is 17.6. The van der Waals surface area contributed by atoms with Crippen molar-refractivity contribution < 1.29 is 9.15 Å². The monoisotopic (exact) mass is 418 g/mol. The Morgan fingerprint density at radius 2 is 2.12 bits per heavy atom. The molecule has 0 aliphatic rings. The molecular weight excluding hydrogens is 408 g/mol. The molecule has 4 aromatic rings. The minimum Gasteiger partial charge on any atom is -0.486 e. The van der Waals surface area contributed by atoms with Gasteiger partial charge in [-0.3, -0.25) is 0 Å². The van der Waals surface area contributed by atoms with Crippen LogP contribution in [0.5, 0.6) is 5.75 Å². The fraction of sp³-hybridized carbons (Fsp3) is 0.111. The Morgan fingerprint density at radius 3 is 2.96 bits per heavy atom. The molecule has 0 radical (unpaired) electrons. The van der Waals surface area contributed by atoms with E-state index in [2.05, 4.69) is 20.9 Å². The highest BCUT2D eigenvalue weighted by Gasteiger charge is 2.10. The molecule has 3 heterocycles. The van der Waals surface area contributed by atoms with E-state index in [0.717, 1.165) is 26.8 Å². The Balaban J connectivity index is 1.65. The van der Waals surface area contributed by atoms with Crippen molar-refractivity contribution in [3.8, 4) is 5.75 Å². The summed E-state index contributed by atoms with van der Waals surface area (Å²) in [5.41, 5.74) is 2.45. The average Bonchev–Trinajstić information content (AvgIpc) is 2.95. The van der Waals surface area contributed by atoms with Crippen LogP contribution in [0.15, 0.2) is 56.4 Å². The molecule has 0 fully saturated rings. The molecular formula is C18H12BrClN2O3. The van der Waals surface area contributed by atoms with Crippen molar-refractivity contribution in [3.63, 3.8) is 0 Å². The summed E-state index contributed by atoms with van der Waals surface area (Å²) in [5.74, 6) is 0.446. The van der Waals surface area contributed by atoms with Gasteiger partial charge in [0.2, 0.25) is 0 Å². The Labute approximate surface area is 155 Å². The summed E-state index contributed by atoms with van der Waals surface area (Å²) in [6.45, 7) is 2.09. The highest BCUT2D eigenvalue weighted by atomic mass is 79.9. The Kier molecular flexibility index (Phi) is 4.01. The second-order valence-corrected chi connectivity index (χ2v) is 6.98. The van der Waals surface area contributed by atoms with E-state index in [9.17, 15) is 4.79 Å². The first kappa shape index (κ1) is 16.2. The van der Waals surface area contributed by atoms with Gasteiger partial charge in [0.25, 0.3) is 0 Å². The maximum atomic E-state index is 11.5. The number of hydrogen-bond acceptors (Lipinski definition) is 4. The molecule has 0 unspecified atom stereocenters. The fourth-order valence-corrected chi connectivity index (χ4v) is 3.24. The van der Waals surface area contributed by atoms with Crippen LogP contribution < -0.4 is 10.4 Å². The number of benzene rings is 1. The summed E-state index contributed by atoms with van der Waals surface area (Å²) in [6.07, 6.45) is 3.81.